The minimum absolute atomic E-state index is 0.125. The van der Waals surface area contributed by atoms with Gasteiger partial charge in [0.05, 0.1) is 16.5 Å². The maximum Gasteiger partial charge on any atom is 0.191 e. The molecule has 0 bridgehead atoms. The largest absolute Gasteiger partial charge is 0.356 e. The fraction of sp³-hybridized carbons (Fsp3) is 0.444. The zero-order valence-corrected chi connectivity index (χ0v) is 17.4. The van der Waals surface area contributed by atoms with Crippen molar-refractivity contribution >= 4 is 27.1 Å². The summed E-state index contributed by atoms with van der Waals surface area (Å²) in [5.41, 5.74) is 2.22. The Balaban J connectivity index is 1.92. The van der Waals surface area contributed by atoms with Gasteiger partial charge in [0, 0.05) is 38.2 Å². The zero-order chi connectivity index (χ0) is 19.9. The Morgan fingerprint density at radius 3 is 2.70 bits per heavy atom. The van der Waals surface area contributed by atoms with E-state index in [1.165, 1.54) is 18.2 Å². The Hall–Kier alpha value is -2.00. The van der Waals surface area contributed by atoms with Crippen molar-refractivity contribution in [3.05, 3.63) is 51.2 Å². The zero-order valence-electron chi connectivity index (χ0n) is 15.8. The third-order valence-corrected chi connectivity index (χ3v) is 5.71. The number of halogens is 1. The molecule has 0 radical (unpaired) electrons. The fourth-order valence-corrected chi connectivity index (χ4v) is 4.14. The van der Waals surface area contributed by atoms with E-state index < -0.39 is 15.7 Å². The molecule has 2 aromatic rings. The smallest absolute Gasteiger partial charge is 0.191 e. The first kappa shape index (κ1) is 21.3. The van der Waals surface area contributed by atoms with Crippen molar-refractivity contribution in [3.63, 3.8) is 0 Å². The van der Waals surface area contributed by atoms with Gasteiger partial charge in [-0.1, -0.05) is 13.0 Å². The first-order valence-electron chi connectivity index (χ1n) is 8.63. The molecule has 6 nitrogen and oxygen atoms in total. The first-order chi connectivity index (χ1) is 12.8. The quantitative estimate of drug-likeness (QED) is 0.513. The van der Waals surface area contributed by atoms with E-state index in [9.17, 15) is 12.8 Å². The molecule has 0 spiro atoms. The van der Waals surface area contributed by atoms with Crippen LogP contribution in [0.1, 0.15) is 28.8 Å². The van der Waals surface area contributed by atoms with Crippen LogP contribution in [0.25, 0.3) is 0 Å². The highest BCUT2D eigenvalue weighted by Gasteiger charge is 2.11. The van der Waals surface area contributed by atoms with Gasteiger partial charge in [0.1, 0.15) is 5.82 Å². The Kier molecular flexibility index (Phi) is 7.73. The van der Waals surface area contributed by atoms with Crippen LogP contribution in [0.3, 0.4) is 0 Å². The van der Waals surface area contributed by atoms with E-state index in [-0.39, 0.29) is 12.3 Å². The molecule has 0 amide bonds. The number of benzene rings is 1. The van der Waals surface area contributed by atoms with Crippen LogP contribution in [0.4, 0.5) is 4.39 Å². The molecule has 0 fully saturated rings. The number of nitrogens with zero attached hydrogens (tertiary/aromatic N) is 2. The van der Waals surface area contributed by atoms with Crippen molar-refractivity contribution in [1.82, 2.24) is 15.6 Å². The number of nitrogens with one attached hydrogen (secondary N) is 2. The number of rotatable bonds is 8. The Labute approximate surface area is 163 Å². The van der Waals surface area contributed by atoms with Crippen molar-refractivity contribution in [2.45, 2.75) is 32.1 Å². The van der Waals surface area contributed by atoms with E-state index in [0.29, 0.717) is 23.6 Å². The summed E-state index contributed by atoms with van der Waals surface area (Å²) < 4.78 is 36.7. The molecule has 27 heavy (non-hydrogen) atoms. The number of sulfone groups is 1. The second-order valence-corrected chi connectivity index (χ2v) is 9.25. The van der Waals surface area contributed by atoms with Crippen molar-refractivity contribution in [2.24, 2.45) is 4.99 Å². The number of aryl methyl sites for hydroxylation is 1. The van der Waals surface area contributed by atoms with E-state index in [4.69, 9.17) is 0 Å². The van der Waals surface area contributed by atoms with Crippen LogP contribution in [0.15, 0.2) is 28.6 Å². The molecule has 0 saturated heterocycles. The van der Waals surface area contributed by atoms with Crippen molar-refractivity contribution in [1.29, 1.82) is 0 Å². The highest BCUT2D eigenvalue weighted by Crippen LogP contribution is 2.14. The normalized spacial score (nSPS) is 12.2. The molecule has 1 aromatic carbocycles. The molecule has 2 rings (SSSR count). The first-order valence-corrected chi connectivity index (χ1v) is 11.6. The van der Waals surface area contributed by atoms with Gasteiger partial charge in [-0.05, 0) is 29.7 Å². The predicted octanol–water partition coefficient (Wildman–Crippen LogP) is 2.30. The summed E-state index contributed by atoms with van der Waals surface area (Å²) in [4.78, 5) is 8.67. The molecule has 9 heteroatoms. The van der Waals surface area contributed by atoms with Gasteiger partial charge in [-0.15, -0.1) is 11.3 Å². The standard InChI is InChI=1S/C18H25FN4O2S2/c1-4-17-23-16(11-26-17)7-8-21-18(20-2)22-10-14-9-15(19)6-5-13(14)12-27(3,24)25/h5-6,9,11H,4,7-8,10,12H2,1-3H3,(H2,20,21,22). The number of aliphatic imine (C=N–C) groups is 1. The summed E-state index contributed by atoms with van der Waals surface area (Å²) in [6.45, 7) is 3.02. The van der Waals surface area contributed by atoms with Crippen LogP contribution in [-0.4, -0.2) is 39.2 Å². The number of guanidine groups is 1. The molecule has 1 aromatic heterocycles. The van der Waals surface area contributed by atoms with Crippen LogP contribution >= 0.6 is 11.3 Å². The fourth-order valence-electron chi connectivity index (χ4n) is 2.52. The van der Waals surface area contributed by atoms with E-state index in [1.54, 1.807) is 18.4 Å². The topological polar surface area (TPSA) is 83.4 Å². The molecule has 148 valence electrons. The third-order valence-electron chi connectivity index (χ3n) is 3.83. The minimum Gasteiger partial charge on any atom is -0.356 e. The van der Waals surface area contributed by atoms with Crippen molar-refractivity contribution in [2.75, 3.05) is 19.8 Å². The number of thiazole rings is 1. The second-order valence-electron chi connectivity index (χ2n) is 6.17. The Bertz CT molecular complexity index is 895. The SMILES string of the molecule is CCc1nc(CCNC(=NC)NCc2cc(F)ccc2CS(C)(=O)=O)cs1. The average molecular weight is 413 g/mol. The summed E-state index contributed by atoms with van der Waals surface area (Å²) in [5.74, 6) is 0.0395. The van der Waals surface area contributed by atoms with Gasteiger partial charge >= 0.3 is 0 Å². The highest BCUT2D eigenvalue weighted by molar-refractivity contribution is 7.89. The van der Waals surface area contributed by atoms with Crippen LogP contribution in [0.5, 0.6) is 0 Å². The van der Waals surface area contributed by atoms with Crippen LogP contribution < -0.4 is 10.6 Å². The van der Waals surface area contributed by atoms with E-state index in [1.807, 2.05) is 0 Å². The minimum atomic E-state index is -3.20. The van der Waals surface area contributed by atoms with Crippen molar-refractivity contribution in [3.8, 4) is 0 Å². The lowest BCUT2D eigenvalue weighted by molar-refractivity contribution is 0.599. The lowest BCUT2D eigenvalue weighted by Crippen LogP contribution is -2.38. The molecule has 0 aliphatic heterocycles. The van der Waals surface area contributed by atoms with E-state index in [0.717, 1.165) is 29.8 Å². The molecule has 0 unspecified atom stereocenters. The highest BCUT2D eigenvalue weighted by atomic mass is 32.2. The maximum absolute atomic E-state index is 13.6. The van der Waals surface area contributed by atoms with E-state index in [2.05, 4.69) is 32.9 Å². The molecule has 0 saturated carbocycles. The van der Waals surface area contributed by atoms with Crippen LogP contribution in [0.2, 0.25) is 0 Å². The molecular weight excluding hydrogens is 387 g/mol. The van der Waals surface area contributed by atoms with E-state index >= 15 is 0 Å². The van der Waals surface area contributed by atoms with Gasteiger partial charge in [-0.2, -0.15) is 0 Å². The Morgan fingerprint density at radius 1 is 1.30 bits per heavy atom. The van der Waals surface area contributed by atoms with Gasteiger partial charge < -0.3 is 10.6 Å². The number of hydrogen-bond donors (Lipinski definition) is 2. The Morgan fingerprint density at radius 2 is 2.07 bits per heavy atom. The summed E-state index contributed by atoms with van der Waals surface area (Å²) in [6, 6.07) is 4.13. The summed E-state index contributed by atoms with van der Waals surface area (Å²) in [6.07, 6.45) is 2.87. The van der Waals surface area contributed by atoms with Gasteiger partial charge in [-0.25, -0.2) is 17.8 Å². The summed E-state index contributed by atoms with van der Waals surface area (Å²) in [5, 5.41) is 9.47. The molecule has 2 N–H and O–H groups in total. The lowest BCUT2D eigenvalue weighted by Gasteiger charge is -2.14. The van der Waals surface area contributed by atoms with Gasteiger partial charge in [0.25, 0.3) is 0 Å². The summed E-state index contributed by atoms with van der Waals surface area (Å²) in [7, 11) is -1.55. The monoisotopic (exact) mass is 412 g/mol. The summed E-state index contributed by atoms with van der Waals surface area (Å²) >= 11 is 1.66. The van der Waals surface area contributed by atoms with Crippen LogP contribution in [0, 0.1) is 5.82 Å². The van der Waals surface area contributed by atoms with Gasteiger partial charge in [0.15, 0.2) is 15.8 Å². The molecule has 0 aliphatic rings. The third kappa shape index (κ3) is 7.26. The van der Waals surface area contributed by atoms with Gasteiger partial charge in [-0.3, -0.25) is 4.99 Å². The van der Waals surface area contributed by atoms with Gasteiger partial charge in [0.2, 0.25) is 0 Å². The molecule has 0 atom stereocenters. The molecular formula is C18H25FN4O2S2. The number of aromatic nitrogens is 1. The molecule has 0 aliphatic carbocycles. The lowest BCUT2D eigenvalue weighted by atomic mass is 10.1. The van der Waals surface area contributed by atoms with Crippen molar-refractivity contribution < 1.29 is 12.8 Å². The average Bonchev–Trinajstić information content (AvgIpc) is 3.07. The molecule has 1 heterocycles. The second kappa shape index (κ2) is 9.80. The van der Waals surface area contributed by atoms with Crippen LogP contribution in [-0.2, 0) is 35.0 Å². The maximum atomic E-state index is 13.6. The number of hydrogen-bond acceptors (Lipinski definition) is 5. The predicted molar refractivity (Wildman–Crippen MR) is 108 cm³/mol.